The van der Waals surface area contributed by atoms with E-state index in [9.17, 15) is 0 Å². The zero-order valence-electron chi connectivity index (χ0n) is 10.6. The van der Waals surface area contributed by atoms with Crippen molar-refractivity contribution in [2.75, 3.05) is 12.3 Å². The molecule has 2 heterocycles. The predicted octanol–water partition coefficient (Wildman–Crippen LogP) is 1.61. The molecule has 0 spiro atoms. The standard InChI is InChI=1S/C12H17N5O/c1-3-4-18-8-17-6-11(15-7-17)10-5-14-12(13)16-9(10)2/h5-7H,3-4,8H2,1-2H3,(H2,13,14,16). The molecule has 0 amide bonds. The molecule has 0 aliphatic carbocycles. The van der Waals surface area contributed by atoms with Crippen molar-refractivity contribution in [3.05, 3.63) is 24.4 Å². The highest BCUT2D eigenvalue weighted by Gasteiger charge is 2.07. The second kappa shape index (κ2) is 5.59. The molecule has 0 aliphatic rings. The molecule has 0 saturated heterocycles. The zero-order chi connectivity index (χ0) is 13.0. The number of nitrogens with zero attached hydrogens (tertiary/aromatic N) is 4. The summed E-state index contributed by atoms with van der Waals surface area (Å²) in [6, 6.07) is 0. The van der Waals surface area contributed by atoms with Crippen LogP contribution in [0.1, 0.15) is 19.0 Å². The first-order chi connectivity index (χ1) is 8.70. The van der Waals surface area contributed by atoms with Crippen LogP contribution in [0.25, 0.3) is 11.3 Å². The molecule has 96 valence electrons. The van der Waals surface area contributed by atoms with Crippen LogP contribution in [0.3, 0.4) is 0 Å². The highest BCUT2D eigenvalue weighted by Crippen LogP contribution is 2.19. The molecule has 0 saturated carbocycles. The lowest BCUT2D eigenvalue weighted by molar-refractivity contribution is 0.0775. The highest BCUT2D eigenvalue weighted by molar-refractivity contribution is 5.60. The molecule has 6 nitrogen and oxygen atoms in total. The van der Waals surface area contributed by atoms with E-state index in [0.717, 1.165) is 30.0 Å². The molecule has 0 radical (unpaired) electrons. The Kier molecular flexibility index (Phi) is 3.88. The fourth-order valence-corrected chi connectivity index (χ4v) is 1.62. The number of ether oxygens (including phenoxy) is 1. The molecule has 18 heavy (non-hydrogen) atoms. The third-order valence-corrected chi connectivity index (χ3v) is 2.50. The fourth-order valence-electron chi connectivity index (χ4n) is 1.62. The summed E-state index contributed by atoms with van der Waals surface area (Å²) >= 11 is 0. The summed E-state index contributed by atoms with van der Waals surface area (Å²) in [5.41, 5.74) is 8.06. The zero-order valence-corrected chi connectivity index (χ0v) is 10.6. The first-order valence-electron chi connectivity index (χ1n) is 5.89. The van der Waals surface area contributed by atoms with Gasteiger partial charge < -0.3 is 15.0 Å². The van der Waals surface area contributed by atoms with E-state index in [-0.39, 0.29) is 5.95 Å². The van der Waals surface area contributed by atoms with Crippen molar-refractivity contribution in [2.24, 2.45) is 0 Å². The van der Waals surface area contributed by atoms with Crippen molar-refractivity contribution in [2.45, 2.75) is 27.0 Å². The number of rotatable bonds is 5. The molecular formula is C12H17N5O. The summed E-state index contributed by atoms with van der Waals surface area (Å²) in [6.07, 6.45) is 6.35. The Bertz CT molecular complexity index is 523. The summed E-state index contributed by atoms with van der Waals surface area (Å²) in [4.78, 5) is 12.4. The Labute approximate surface area is 106 Å². The van der Waals surface area contributed by atoms with Gasteiger partial charge in [0.15, 0.2) is 0 Å². The average molecular weight is 247 g/mol. The van der Waals surface area contributed by atoms with E-state index in [4.69, 9.17) is 10.5 Å². The highest BCUT2D eigenvalue weighted by atomic mass is 16.5. The van der Waals surface area contributed by atoms with Crippen molar-refractivity contribution >= 4 is 5.95 Å². The van der Waals surface area contributed by atoms with Gasteiger partial charge in [-0.2, -0.15) is 0 Å². The smallest absolute Gasteiger partial charge is 0.220 e. The van der Waals surface area contributed by atoms with E-state index in [1.807, 2.05) is 17.7 Å². The van der Waals surface area contributed by atoms with E-state index in [2.05, 4.69) is 21.9 Å². The molecule has 0 atom stereocenters. The monoisotopic (exact) mass is 247 g/mol. The van der Waals surface area contributed by atoms with Gasteiger partial charge in [0, 0.05) is 24.6 Å². The minimum absolute atomic E-state index is 0.280. The maximum atomic E-state index is 5.52. The SMILES string of the molecule is CCCOCn1cnc(-c2cnc(N)nc2C)c1. The van der Waals surface area contributed by atoms with Crippen LogP contribution in [-0.4, -0.2) is 26.1 Å². The van der Waals surface area contributed by atoms with Crippen LogP contribution >= 0.6 is 0 Å². The number of aromatic nitrogens is 4. The number of hydrogen-bond acceptors (Lipinski definition) is 5. The van der Waals surface area contributed by atoms with Gasteiger partial charge in [0.1, 0.15) is 6.73 Å². The van der Waals surface area contributed by atoms with Crippen LogP contribution in [0.15, 0.2) is 18.7 Å². The molecule has 0 unspecified atom stereocenters. The quantitative estimate of drug-likeness (QED) is 0.812. The van der Waals surface area contributed by atoms with Gasteiger partial charge in [0.25, 0.3) is 0 Å². The van der Waals surface area contributed by atoms with Crippen LogP contribution < -0.4 is 5.73 Å². The van der Waals surface area contributed by atoms with Crippen LogP contribution in [-0.2, 0) is 11.5 Å². The summed E-state index contributed by atoms with van der Waals surface area (Å²) in [5, 5.41) is 0. The average Bonchev–Trinajstić information content (AvgIpc) is 2.78. The number of hydrogen-bond donors (Lipinski definition) is 1. The van der Waals surface area contributed by atoms with Gasteiger partial charge in [-0.25, -0.2) is 15.0 Å². The van der Waals surface area contributed by atoms with Gasteiger partial charge in [-0.1, -0.05) is 6.92 Å². The van der Waals surface area contributed by atoms with Crippen LogP contribution in [0.4, 0.5) is 5.95 Å². The van der Waals surface area contributed by atoms with Gasteiger partial charge in [0.2, 0.25) is 5.95 Å². The molecule has 2 aromatic rings. The van der Waals surface area contributed by atoms with Crippen molar-refractivity contribution < 1.29 is 4.74 Å². The molecular weight excluding hydrogens is 230 g/mol. The second-order valence-electron chi connectivity index (χ2n) is 4.04. The minimum Gasteiger partial charge on any atom is -0.368 e. The van der Waals surface area contributed by atoms with Crippen LogP contribution in [0, 0.1) is 6.92 Å². The molecule has 0 aromatic carbocycles. The van der Waals surface area contributed by atoms with Crippen LogP contribution in [0.5, 0.6) is 0 Å². The largest absolute Gasteiger partial charge is 0.368 e. The molecule has 0 bridgehead atoms. The maximum absolute atomic E-state index is 5.52. The summed E-state index contributed by atoms with van der Waals surface area (Å²) in [5.74, 6) is 0.280. The lowest BCUT2D eigenvalue weighted by atomic mass is 10.2. The summed E-state index contributed by atoms with van der Waals surface area (Å²) < 4.78 is 7.33. The number of aryl methyl sites for hydroxylation is 1. The van der Waals surface area contributed by atoms with E-state index >= 15 is 0 Å². The van der Waals surface area contributed by atoms with E-state index in [1.165, 1.54) is 0 Å². The first-order valence-corrected chi connectivity index (χ1v) is 5.89. The Balaban J connectivity index is 2.13. The van der Waals surface area contributed by atoms with Gasteiger partial charge in [-0.15, -0.1) is 0 Å². The minimum atomic E-state index is 0.280. The summed E-state index contributed by atoms with van der Waals surface area (Å²) in [7, 11) is 0. The van der Waals surface area contributed by atoms with Gasteiger partial charge in [-0.3, -0.25) is 0 Å². The normalized spacial score (nSPS) is 10.8. The first kappa shape index (κ1) is 12.5. The predicted molar refractivity (Wildman–Crippen MR) is 68.6 cm³/mol. The maximum Gasteiger partial charge on any atom is 0.220 e. The summed E-state index contributed by atoms with van der Waals surface area (Å²) in [6.45, 7) is 5.22. The van der Waals surface area contributed by atoms with Crippen molar-refractivity contribution in [1.82, 2.24) is 19.5 Å². The molecule has 0 aliphatic heterocycles. The Morgan fingerprint density at radius 2 is 2.22 bits per heavy atom. The topological polar surface area (TPSA) is 78.8 Å². The van der Waals surface area contributed by atoms with Crippen molar-refractivity contribution in [3.8, 4) is 11.3 Å². The van der Waals surface area contributed by atoms with E-state index in [0.29, 0.717) is 6.73 Å². The Morgan fingerprint density at radius 1 is 1.39 bits per heavy atom. The van der Waals surface area contributed by atoms with Crippen LogP contribution in [0.2, 0.25) is 0 Å². The molecule has 2 rings (SSSR count). The Hall–Kier alpha value is -1.95. The van der Waals surface area contributed by atoms with Crippen molar-refractivity contribution in [3.63, 3.8) is 0 Å². The van der Waals surface area contributed by atoms with Crippen molar-refractivity contribution in [1.29, 1.82) is 0 Å². The number of nitrogen functional groups attached to an aromatic ring is 1. The van der Waals surface area contributed by atoms with E-state index < -0.39 is 0 Å². The number of anilines is 1. The third kappa shape index (κ3) is 2.84. The molecule has 2 N–H and O–H groups in total. The third-order valence-electron chi connectivity index (χ3n) is 2.50. The lowest BCUT2D eigenvalue weighted by Crippen LogP contribution is -2.00. The lowest BCUT2D eigenvalue weighted by Gasteiger charge is -2.03. The number of imidazole rings is 1. The van der Waals surface area contributed by atoms with Gasteiger partial charge >= 0.3 is 0 Å². The molecule has 2 aromatic heterocycles. The Morgan fingerprint density at radius 3 is 2.94 bits per heavy atom. The van der Waals surface area contributed by atoms with Gasteiger partial charge in [-0.05, 0) is 13.3 Å². The molecule has 0 fully saturated rings. The number of nitrogens with two attached hydrogens (primary N) is 1. The second-order valence-corrected chi connectivity index (χ2v) is 4.04. The molecule has 6 heteroatoms. The van der Waals surface area contributed by atoms with Gasteiger partial charge in [0.05, 0.1) is 17.7 Å². The fraction of sp³-hybridized carbons (Fsp3) is 0.417. The van der Waals surface area contributed by atoms with E-state index in [1.54, 1.807) is 12.5 Å².